The van der Waals surface area contributed by atoms with Crippen molar-refractivity contribution >= 4 is 46.6 Å². The first-order valence-electron chi connectivity index (χ1n) is 12.4. The highest BCUT2D eigenvalue weighted by Crippen LogP contribution is 2.38. The molecule has 3 heterocycles. The molecule has 206 valence electrons. The lowest BCUT2D eigenvalue weighted by atomic mass is 9.95. The van der Waals surface area contributed by atoms with Gasteiger partial charge in [0.1, 0.15) is 23.4 Å². The maximum atomic E-state index is 13.2. The molecular weight excluding hydrogens is 582 g/mol. The summed E-state index contributed by atoms with van der Waals surface area (Å²) in [7, 11) is 1.36. The molecule has 0 fully saturated rings. The number of hydrogen-bond donors (Lipinski definition) is 1. The van der Waals surface area contributed by atoms with Crippen molar-refractivity contribution in [1.82, 2.24) is 30.4 Å². The molecule has 1 aliphatic heterocycles. The number of halogens is 1. The third kappa shape index (κ3) is 5.80. The lowest BCUT2D eigenvalue weighted by Crippen LogP contribution is -2.30. The molecule has 2 aromatic heterocycles. The van der Waals surface area contributed by atoms with Crippen molar-refractivity contribution in [2.24, 2.45) is 0 Å². The summed E-state index contributed by atoms with van der Waals surface area (Å²) in [6, 6.07) is 24.2. The fourth-order valence-corrected chi connectivity index (χ4v) is 6.34. The number of methoxy groups -OCH3 is 1. The lowest BCUT2D eigenvalue weighted by molar-refractivity contribution is -0.136. The number of tetrazole rings is 1. The Kier molecular flexibility index (Phi) is 7.94. The van der Waals surface area contributed by atoms with Crippen LogP contribution in [0.2, 0.25) is 5.02 Å². The standard InChI is InChI=1S/C28H22ClN7O3S2/c1-38-26(37)23-22(16-40-28-33-31-25(41-28)18-7-3-2-4-8-18)30-27-32-34-35-36(27)24(23)17-11-13-20(14-12-17)39-15-19-9-5-6-10-21(19)29/h2-14,24H,15-16H2,1H3,(H,30,32,35). The first kappa shape index (κ1) is 26.9. The van der Waals surface area contributed by atoms with E-state index in [4.69, 9.17) is 21.1 Å². The monoisotopic (exact) mass is 603 g/mol. The van der Waals surface area contributed by atoms with Crippen molar-refractivity contribution in [1.29, 1.82) is 0 Å². The third-order valence-electron chi connectivity index (χ3n) is 6.32. The van der Waals surface area contributed by atoms with Crippen molar-refractivity contribution in [3.63, 3.8) is 0 Å². The molecule has 41 heavy (non-hydrogen) atoms. The molecule has 3 aromatic carbocycles. The molecule has 1 unspecified atom stereocenters. The van der Waals surface area contributed by atoms with Crippen molar-refractivity contribution < 1.29 is 14.3 Å². The Hall–Kier alpha value is -4.26. The Balaban J connectivity index is 1.26. The van der Waals surface area contributed by atoms with Crippen LogP contribution in [0.3, 0.4) is 0 Å². The molecule has 0 aliphatic carbocycles. The summed E-state index contributed by atoms with van der Waals surface area (Å²) < 4.78 is 13.5. The minimum Gasteiger partial charge on any atom is -0.489 e. The number of benzene rings is 3. The van der Waals surface area contributed by atoms with Gasteiger partial charge in [0.05, 0.1) is 12.7 Å². The van der Waals surface area contributed by atoms with Crippen LogP contribution in [-0.4, -0.2) is 49.2 Å². The van der Waals surface area contributed by atoms with Crippen LogP contribution in [0.5, 0.6) is 5.75 Å². The molecule has 13 heteroatoms. The first-order chi connectivity index (χ1) is 20.1. The van der Waals surface area contributed by atoms with Crippen molar-refractivity contribution in [3.8, 4) is 16.3 Å². The number of anilines is 1. The SMILES string of the molecule is COC(=O)C1=C(CSc2nnc(-c3ccccc3)s2)Nc2nnnn2C1c1ccc(OCc2ccccc2Cl)cc1. The number of rotatable bonds is 9. The molecule has 0 spiro atoms. The quantitative estimate of drug-likeness (QED) is 0.167. The summed E-state index contributed by atoms with van der Waals surface area (Å²) in [4.78, 5) is 13.2. The van der Waals surface area contributed by atoms with Gasteiger partial charge in [0.2, 0.25) is 5.95 Å². The van der Waals surface area contributed by atoms with E-state index in [2.05, 4.69) is 31.0 Å². The van der Waals surface area contributed by atoms with E-state index in [1.807, 2.05) is 78.9 Å². The normalized spacial score (nSPS) is 14.3. The van der Waals surface area contributed by atoms with E-state index < -0.39 is 12.0 Å². The molecule has 1 atom stereocenters. The molecule has 0 saturated carbocycles. The fourth-order valence-electron chi connectivity index (χ4n) is 4.33. The molecule has 0 bridgehead atoms. The Bertz CT molecular complexity index is 1710. The van der Waals surface area contributed by atoms with E-state index in [1.54, 1.807) is 4.68 Å². The smallest absolute Gasteiger partial charge is 0.338 e. The van der Waals surface area contributed by atoms with Crippen LogP contribution >= 0.6 is 34.7 Å². The highest BCUT2D eigenvalue weighted by Gasteiger charge is 2.36. The zero-order chi connectivity index (χ0) is 28.2. The Labute approximate surface area is 248 Å². The van der Waals surface area contributed by atoms with Crippen LogP contribution in [-0.2, 0) is 16.1 Å². The van der Waals surface area contributed by atoms with E-state index in [0.29, 0.717) is 40.4 Å². The summed E-state index contributed by atoms with van der Waals surface area (Å²) in [6.07, 6.45) is 0. The summed E-state index contributed by atoms with van der Waals surface area (Å²) in [5, 5.41) is 25.4. The molecule has 1 aliphatic rings. The summed E-state index contributed by atoms with van der Waals surface area (Å²) >= 11 is 9.21. The zero-order valence-electron chi connectivity index (χ0n) is 21.6. The second-order valence-corrected chi connectivity index (χ2v) is 11.4. The van der Waals surface area contributed by atoms with E-state index >= 15 is 0 Å². The molecule has 0 amide bonds. The number of hydrogen-bond acceptors (Lipinski definition) is 11. The van der Waals surface area contributed by atoms with Crippen LogP contribution in [0.1, 0.15) is 17.2 Å². The molecule has 1 N–H and O–H groups in total. The highest BCUT2D eigenvalue weighted by molar-refractivity contribution is 8.01. The number of esters is 1. The van der Waals surface area contributed by atoms with E-state index in [9.17, 15) is 4.79 Å². The van der Waals surface area contributed by atoms with Gasteiger partial charge in [0, 0.05) is 27.6 Å². The maximum Gasteiger partial charge on any atom is 0.338 e. The number of aromatic nitrogens is 6. The Morgan fingerprint density at radius 3 is 2.59 bits per heavy atom. The van der Waals surface area contributed by atoms with Gasteiger partial charge in [-0.25, -0.2) is 4.79 Å². The average Bonchev–Trinajstić information content (AvgIpc) is 3.69. The van der Waals surface area contributed by atoms with Gasteiger partial charge in [-0.15, -0.1) is 10.2 Å². The van der Waals surface area contributed by atoms with E-state index in [0.717, 1.165) is 26.0 Å². The second kappa shape index (κ2) is 12.1. The first-order valence-corrected chi connectivity index (χ1v) is 14.6. The largest absolute Gasteiger partial charge is 0.489 e. The van der Waals surface area contributed by atoms with Gasteiger partial charge in [-0.2, -0.15) is 4.68 Å². The molecule has 0 saturated heterocycles. The van der Waals surface area contributed by atoms with E-state index in [1.165, 1.54) is 30.2 Å². The molecule has 10 nitrogen and oxygen atoms in total. The van der Waals surface area contributed by atoms with Gasteiger partial charge in [-0.05, 0) is 34.2 Å². The predicted octanol–water partition coefficient (Wildman–Crippen LogP) is 5.66. The third-order valence-corrected chi connectivity index (χ3v) is 8.82. The number of carbonyl (C=O) groups excluding carboxylic acids is 1. The highest BCUT2D eigenvalue weighted by atomic mass is 35.5. The van der Waals surface area contributed by atoms with E-state index in [-0.39, 0.29) is 0 Å². The minimum atomic E-state index is -0.615. The fraction of sp³-hybridized carbons (Fsp3) is 0.143. The number of carbonyl (C=O) groups is 1. The van der Waals surface area contributed by atoms with Gasteiger partial charge in [-0.3, -0.25) is 0 Å². The minimum absolute atomic E-state index is 0.329. The predicted molar refractivity (Wildman–Crippen MR) is 157 cm³/mol. The topological polar surface area (TPSA) is 117 Å². The van der Waals surface area contributed by atoms with Gasteiger partial charge >= 0.3 is 5.97 Å². The van der Waals surface area contributed by atoms with Crippen molar-refractivity contribution in [2.75, 3.05) is 18.2 Å². The molecule has 0 radical (unpaired) electrons. The molecular formula is C28H22ClN7O3S2. The zero-order valence-corrected chi connectivity index (χ0v) is 24.0. The molecule has 6 rings (SSSR count). The van der Waals surface area contributed by atoms with Gasteiger partial charge in [-0.1, -0.05) is 100 Å². The average molecular weight is 604 g/mol. The summed E-state index contributed by atoms with van der Waals surface area (Å²) in [6.45, 7) is 0.329. The Morgan fingerprint density at radius 1 is 1.02 bits per heavy atom. The number of ether oxygens (including phenoxy) is 2. The number of nitrogens with one attached hydrogen (secondary N) is 1. The lowest BCUT2D eigenvalue weighted by Gasteiger charge is -2.28. The van der Waals surface area contributed by atoms with Crippen molar-refractivity contribution in [3.05, 3.63) is 106 Å². The summed E-state index contributed by atoms with van der Waals surface area (Å²) in [5.41, 5.74) is 3.71. The number of fused-ring (bicyclic) bond motifs is 1. The number of nitrogens with zero attached hydrogens (tertiary/aromatic N) is 6. The van der Waals surface area contributed by atoms with Crippen molar-refractivity contribution in [2.45, 2.75) is 17.0 Å². The molecule has 5 aromatic rings. The van der Waals surface area contributed by atoms with Crippen LogP contribution in [0, 0.1) is 0 Å². The maximum absolute atomic E-state index is 13.2. The van der Waals surface area contributed by atoms with Crippen LogP contribution in [0.25, 0.3) is 10.6 Å². The Morgan fingerprint density at radius 2 is 1.80 bits per heavy atom. The summed E-state index contributed by atoms with van der Waals surface area (Å²) in [5.74, 6) is 0.987. The van der Waals surface area contributed by atoms with Crippen LogP contribution in [0.4, 0.5) is 5.95 Å². The van der Waals surface area contributed by atoms with Crippen LogP contribution in [0.15, 0.2) is 94.5 Å². The number of thioether (sulfide) groups is 1. The van der Waals surface area contributed by atoms with Gasteiger partial charge < -0.3 is 14.8 Å². The van der Waals surface area contributed by atoms with Gasteiger partial charge in [0.25, 0.3) is 0 Å². The second-order valence-electron chi connectivity index (χ2n) is 8.84. The van der Waals surface area contributed by atoms with Crippen LogP contribution < -0.4 is 10.1 Å². The van der Waals surface area contributed by atoms with Gasteiger partial charge in [0.15, 0.2) is 4.34 Å².